The third-order valence-corrected chi connectivity index (χ3v) is 13.2. The van der Waals surface area contributed by atoms with Gasteiger partial charge < -0.3 is 30.9 Å². The molecule has 0 aromatic carbocycles. The van der Waals surface area contributed by atoms with Crippen LogP contribution < -0.4 is 21.3 Å². The maximum Gasteiger partial charge on any atom is 0.316 e. The lowest BCUT2D eigenvalue weighted by molar-refractivity contribution is -0.145. The molecule has 2 heterocycles. The minimum atomic E-state index is -3.57. The van der Waals surface area contributed by atoms with Crippen LogP contribution in [0, 0.1) is 28.6 Å². The monoisotopic (exact) mass is 691 g/mol. The van der Waals surface area contributed by atoms with Crippen molar-refractivity contribution in [2.75, 3.05) is 25.4 Å². The number of hydrogen-bond acceptors (Lipinski definition) is 8. The molecule has 6 atom stereocenters. The lowest BCUT2D eigenvalue weighted by atomic mass is 9.82. The van der Waals surface area contributed by atoms with Crippen molar-refractivity contribution < 1.29 is 37.1 Å². The smallest absolute Gasteiger partial charge is 0.316 e. The number of nitrogens with zero attached hydrogens (tertiary/aromatic N) is 1. The number of hydrogen-bond donors (Lipinski definition) is 4. The molecule has 1 unspecified atom stereocenters. The second-order valence-corrected chi connectivity index (χ2v) is 18.3. The summed E-state index contributed by atoms with van der Waals surface area (Å²) in [6.07, 6.45) is 6.93. The fourth-order valence-corrected chi connectivity index (χ4v) is 10.0. The van der Waals surface area contributed by atoms with E-state index in [0.717, 1.165) is 32.1 Å². The van der Waals surface area contributed by atoms with Gasteiger partial charge in [-0.05, 0) is 47.8 Å². The van der Waals surface area contributed by atoms with E-state index in [4.69, 9.17) is 4.74 Å². The molecule has 0 bridgehead atoms. The molecule has 2 aliphatic heterocycles. The predicted molar refractivity (Wildman–Crippen MR) is 178 cm³/mol. The molecular formula is C34H53N5O8S. The number of sulfone groups is 1. The van der Waals surface area contributed by atoms with Gasteiger partial charge in [-0.25, -0.2) is 13.2 Å². The summed E-state index contributed by atoms with van der Waals surface area (Å²) in [5, 5.41) is 11.1. The zero-order chi connectivity index (χ0) is 35.2. The van der Waals surface area contributed by atoms with E-state index in [1.165, 1.54) is 11.0 Å². The molecule has 5 fully saturated rings. The van der Waals surface area contributed by atoms with Crippen LogP contribution in [0.3, 0.4) is 0 Å². The van der Waals surface area contributed by atoms with Crippen LogP contribution in [0.1, 0.15) is 86.0 Å². The summed E-state index contributed by atoms with van der Waals surface area (Å²) in [6, 6.07) is -3.62. The minimum absolute atomic E-state index is 0.0512. The highest BCUT2D eigenvalue weighted by atomic mass is 32.2. The van der Waals surface area contributed by atoms with Crippen LogP contribution in [-0.4, -0.2) is 97.4 Å². The van der Waals surface area contributed by atoms with Gasteiger partial charge in [0.2, 0.25) is 17.6 Å². The molecular weight excluding hydrogens is 638 g/mol. The number of ketones is 1. The fourth-order valence-electron chi connectivity index (χ4n) is 8.19. The molecule has 0 aromatic rings. The first-order valence-corrected chi connectivity index (χ1v) is 19.1. The third-order valence-electron chi connectivity index (χ3n) is 11.2. The number of fused-ring (bicyclic) bond motifs is 1. The molecule has 0 spiro atoms. The van der Waals surface area contributed by atoms with Crippen molar-refractivity contribution in [2.45, 2.75) is 115 Å². The van der Waals surface area contributed by atoms with Gasteiger partial charge in [-0.2, -0.15) is 0 Å². The van der Waals surface area contributed by atoms with Gasteiger partial charge in [-0.3, -0.25) is 19.2 Å². The Kier molecular flexibility index (Phi) is 10.1. The van der Waals surface area contributed by atoms with Gasteiger partial charge in [-0.15, -0.1) is 6.58 Å². The number of urea groups is 1. The topological polar surface area (TPSA) is 180 Å². The molecule has 5 amide bonds. The van der Waals surface area contributed by atoms with E-state index in [1.807, 2.05) is 20.8 Å². The molecule has 0 radical (unpaired) electrons. The highest BCUT2D eigenvalue weighted by molar-refractivity contribution is 7.92. The van der Waals surface area contributed by atoms with Crippen molar-refractivity contribution in [1.82, 2.24) is 26.2 Å². The predicted octanol–water partition coefficient (Wildman–Crippen LogP) is 1.81. The summed E-state index contributed by atoms with van der Waals surface area (Å²) in [6.45, 7) is 13.6. The molecule has 48 heavy (non-hydrogen) atoms. The summed E-state index contributed by atoms with van der Waals surface area (Å²) < 4.78 is 31.5. The number of likely N-dealkylation sites (tertiary alicyclic amines) is 1. The van der Waals surface area contributed by atoms with Crippen LogP contribution in [0.25, 0.3) is 0 Å². The molecule has 268 valence electrons. The lowest BCUT2D eigenvalue weighted by Crippen LogP contribution is -2.65. The van der Waals surface area contributed by atoms with Gasteiger partial charge in [0.15, 0.2) is 15.3 Å². The number of amides is 5. The standard InChI is InChI=1S/C34H53N5O8S/c1-7-15-35-28(42)25(40)22(18-20-11-12-20)36-27(41)24-23-21(33(23,5)6)19-39(24)29(43)26(32(2,3)4)37-31(44)38-34(13-9-8-10-14-34)30-47-16-17-48(30,45)46/h7,20-24,26,30H,1,8-19H2,2-6H3,(H,35,42)(H,36,41)(H2,37,38,44)/t21-,22-,23-,24-,26+,30?/m0/s1. The van der Waals surface area contributed by atoms with Gasteiger partial charge >= 0.3 is 6.03 Å². The Morgan fingerprint density at radius 2 is 1.71 bits per heavy atom. The van der Waals surface area contributed by atoms with E-state index in [2.05, 4.69) is 41.7 Å². The summed E-state index contributed by atoms with van der Waals surface area (Å²) in [5.41, 5.74) is -3.24. The van der Waals surface area contributed by atoms with Crippen molar-refractivity contribution in [3.8, 4) is 0 Å². The van der Waals surface area contributed by atoms with Crippen molar-refractivity contribution in [1.29, 1.82) is 0 Å². The van der Waals surface area contributed by atoms with Gasteiger partial charge in [0.25, 0.3) is 5.91 Å². The van der Waals surface area contributed by atoms with Crippen molar-refractivity contribution in [2.24, 2.45) is 28.6 Å². The minimum Gasteiger partial charge on any atom is -0.359 e. The Morgan fingerprint density at radius 3 is 2.27 bits per heavy atom. The van der Waals surface area contributed by atoms with E-state index in [9.17, 15) is 32.4 Å². The van der Waals surface area contributed by atoms with Crippen LogP contribution in [-0.2, 0) is 33.8 Å². The molecule has 5 aliphatic rings. The number of rotatable bonds is 12. The second kappa shape index (κ2) is 13.4. The second-order valence-electron chi connectivity index (χ2n) is 16.2. The Morgan fingerprint density at radius 1 is 1.04 bits per heavy atom. The average molecular weight is 692 g/mol. The zero-order valence-electron chi connectivity index (χ0n) is 28.9. The number of ether oxygens (including phenoxy) is 1. The van der Waals surface area contributed by atoms with Crippen molar-refractivity contribution in [3.05, 3.63) is 12.7 Å². The average Bonchev–Trinajstić information content (AvgIpc) is 3.79. The molecule has 0 aromatic heterocycles. The van der Waals surface area contributed by atoms with Crippen LogP contribution in [0.2, 0.25) is 0 Å². The van der Waals surface area contributed by atoms with Gasteiger partial charge in [-0.1, -0.05) is 72.8 Å². The number of carbonyl (C=O) groups is 5. The van der Waals surface area contributed by atoms with Crippen LogP contribution in [0.5, 0.6) is 0 Å². The first-order chi connectivity index (χ1) is 22.4. The number of nitrogens with one attached hydrogen (secondary N) is 4. The Labute approximate surface area is 284 Å². The summed E-state index contributed by atoms with van der Waals surface area (Å²) in [7, 11) is -3.57. The Balaban J connectivity index is 1.35. The molecule has 4 N–H and O–H groups in total. The maximum absolute atomic E-state index is 14.4. The molecule has 5 rings (SSSR count). The molecule has 14 heteroatoms. The van der Waals surface area contributed by atoms with Gasteiger partial charge in [0, 0.05) is 13.1 Å². The normalized spacial score (nSPS) is 29.5. The highest BCUT2D eigenvalue weighted by Gasteiger charge is 2.70. The van der Waals surface area contributed by atoms with Gasteiger partial charge in [0.1, 0.15) is 12.1 Å². The zero-order valence-corrected chi connectivity index (χ0v) is 29.7. The van der Waals surface area contributed by atoms with Crippen LogP contribution in [0.4, 0.5) is 4.79 Å². The SMILES string of the molecule is C=CCNC(=O)C(=O)[C@H](CC1CC1)NC(=O)[C@@H]1[C@@H]2[C@H](CN1C(=O)[C@@H](NC(=O)NC1(C3OCCS3(=O)=O)CCCCC1)C(C)(C)C)C2(C)C. The molecule has 3 saturated carbocycles. The number of Topliss-reactive ketones (excluding diaryl/α,β-unsaturated/α-hetero) is 1. The number of piperidine rings is 1. The Hall–Kier alpha value is -3.00. The first-order valence-electron chi connectivity index (χ1n) is 17.4. The quantitative estimate of drug-likeness (QED) is 0.177. The third kappa shape index (κ3) is 7.29. The summed E-state index contributed by atoms with van der Waals surface area (Å²) >= 11 is 0. The van der Waals surface area contributed by atoms with Crippen molar-refractivity contribution >= 4 is 39.4 Å². The molecule has 2 saturated heterocycles. The lowest BCUT2D eigenvalue weighted by Gasteiger charge is -2.42. The van der Waals surface area contributed by atoms with E-state index >= 15 is 0 Å². The summed E-state index contributed by atoms with van der Waals surface area (Å²) in [5.74, 6) is -2.41. The maximum atomic E-state index is 14.4. The van der Waals surface area contributed by atoms with Gasteiger partial charge in [0.05, 0.1) is 23.9 Å². The largest absolute Gasteiger partial charge is 0.359 e. The first kappa shape index (κ1) is 36.3. The van der Waals surface area contributed by atoms with E-state index in [1.54, 1.807) is 0 Å². The highest BCUT2D eigenvalue weighted by Crippen LogP contribution is 2.65. The van der Waals surface area contributed by atoms with Crippen LogP contribution in [0.15, 0.2) is 12.7 Å². The number of carbonyl (C=O) groups excluding carboxylic acids is 5. The molecule has 13 nitrogen and oxygen atoms in total. The fraction of sp³-hybridized carbons (Fsp3) is 0.794. The Bertz CT molecular complexity index is 1430. The van der Waals surface area contributed by atoms with E-state index in [0.29, 0.717) is 25.8 Å². The van der Waals surface area contributed by atoms with Crippen molar-refractivity contribution in [3.63, 3.8) is 0 Å². The van der Waals surface area contributed by atoms with Crippen LogP contribution >= 0.6 is 0 Å². The summed E-state index contributed by atoms with van der Waals surface area (Å²) in [4.78, 5) is 69.4. The van der Waals surface area contributed by atoms with E-state index in [-0.39, 0.29) is 42.1 Å². The van der Waals surface area contributed by atoms with E-state index < -0.39 is 73.9 Å². The molecule has 3 aliphatic carbocycles.